The summed E-state index contributed by atoms with van der Waals surface area (Å²) in [5.74, 6) is 0.893. The largest absolute Gasteiger partial charge is 0.303 e. The van der Waals surface area contributed by atoms with Crippen LogP contribution in [0.5, 0.6) is 0 Å². The highest BCUT2D eigenvalue weighted by atomic mass is 15.1. The van der Waals surface area contributed by atoms with Crippen molar-refractivity contribution in [2.45, 2.75) is 156 Å². The van der Waals surface area contributed by atoms with E-state index in [0.29, 0.717) is 0 Å². The Morgan fingerprint density at radius 2 is 0.724 bits per heavy atom. The van der Waals surface area contributed by atoms with Gasteiger partial charge in [-0.3, -0.25) is 0 Å². The minimum atomic E-state index is 0.893. The van der Waals surface area contributed by atoms with E-state index in [-0.39, 0.29) is 0 Å². The van der Waals surface area contributed by atoms with Crippen LogP contribution in [0.15, 0.2) is 0 Å². The van der Waals surface area contributed by atoms with Gasteiger partial charge in [0.05, 0.1) is 0 Å². The van der Waals surface area contributed by atoms with E-state index in [1.165, 1.54) is 148 Å². The second kappa shape index (κ2) is 24.2. The zero-order valence-electron chi connectivity index (χ0n) is 21.3. The van der Waals surface area contributed by atoms with Crippen molar-refractivity contribution in [3.63, 3.8) is 0 Å². The Labute approximate surface area is 186 Å². The predicted molar refractivity (Wildman–Crippen MR) is 135 cm³/mol. The molecule has 0 aliphatic heterocycles. The molecule has 0 bridgehead atoms. The lowest BCUT2D eigenvalue weighted by Gasteiger charge is -2.22. The molecule has 0 amide bonds. The molecule has 0 radical (unpaired) electrons. The fourth-order valence-corrected chi connectivity index (χ4v) is 4.34. The van der Waals surface area contributed by atoms with Crippen molar-refractivity contribution in [3.05, 3.63) is 0 Å². The van der Waals surface area contributed by atoms with Crippen LogP contribution in [-0.2, 0) is 0 Å². The van der Waals surface area contributed by atoms with E-state index in [9.17, 15) is 0 Å². The number of unbranched alkanes of at least 4 members (excludes halogenated alkanes) is 16. The van der Waals surface area contributed by atoms with Crippen molar-refractivity contribution in [1.29, 1.82) is 0 Å². The van der Waals surface area contributed by atoms with Gasteiger partial charge < -0.3 is 4.90 Å². The monoisotopic (exact) mass is 409 g/mol. The molecule has 0 heterocycles. The summed E-state index contributed by atoms with van der Waals surface area (Å²) in [5, 5.41) is 0. The molecule has 0 atom stereocenters. The van der Waals surface area contributed by atoms with E-state index in [4.69, 9.17) is 0 Å². The fourth-order valence-electron chi connectivity index (χ4n) is 4.34. The summed E-state index contributed by atoms with van der Waals surface area (Å²) in [6.07, 6.45) is 28.8. The van der Waals surface area contributed by atoms with Crippen LogP contribution in [0.25, 0.3) is 0 Å². The summed E-state index contributed by atoms with van der Waals surface area (Å²) in [7, 11) is 0. The Hall–Kier alpha value is -0.0400. The summed E-state index contributed by atoms with van der Waals surface area (Å²) in [5.41, 5.74) is 0. The van der Waals surface area contributed by atoms with E-state index < -0.39 is 0 Å². The Bertz CT molecular complexity index is 274. The van der Waals surface area contributed by atoms with Gasteiger partial charge in [-0.05, 0) is 44.8 Å². The maximum atomic E-state index is 2.78. The average Bonchev–Trinajstić information content (AvgIpc) is 2.71. The SMILES string of the molecule is CCCCCCN(CCCCCC)CCCCCCCCCCCCCC(C)C. The van der Waals surface area contributed by atoms with Crippen LogP contribution in [0, 0.1) is 5.92 Å². The second-order valence-electron chi connectivity index (χ2n) is 10.0. The van der Waals surface area contributed by atoms with E-state index in [1.807, 2.05) is 0 Å². The van der Waals surface area contributed by atoms with Crippen molar-refractivity contribution in [2.24, 2.45) is 5.92 Å². The van der Waals surface area contributed by atoms with E-state index >= 15 is 0 Å². The van der Waals surface area contributed by atoms with Gasteiger partial charge in [0.25, 0.3) is 0 Å². The summed E-state index contributed by atoms with van der Waals surface area (Å²) in [6, 6.07) is 0. The lowest BCUT2D eigenvalue weighted by Crippen LogP contribution is -2.27. The van der Waals surface area contributed by atoms with Crippen LogP contribution < -0.4 is 0 Å². The number of hydrogen-bond acceptors (Lipinski definition) is 1. The van der Waals surface area contributed by atoms with Gasteiger partial charge in [-0.15, -0.1) is 0 Å². The van der Waals surface area contributed by atoms with Gasteiger partial charge in [0.2, 0.25) is 0 Å². The Morgan fingerprint density at radius 1 is 0.414 bits per heavy atom. The third-order valence-electron chi connectivity index (χ3n) is 6.41. The van der Waals surface area contributed by atoms with Crippen LogP contribution in [0.3, 0.4) is 0 Å². The quantitative estimate of drug-likeness (QED) is 0.143. The van der Waals surface area contributed by atoms with E-state index in [0.717, 1.165) is 5.92 Å². The van der Waals surface area contributed by atoms with Crippen molar-refractivity contribution >= 4 is 0 Å². The summed E-state index contributed by atoms with van der Waals surface area (Å²) in [4.78, 5) is 2.78. The maximum absolute atomic E-state index is 2.78. The lowest BCUT2D eigenvalue weighted by atomic mass is 10.0. The van der Waals surface area contributed by atoms with Crippen LogP contribution in [-0.4, -0.2) is 24.5 Å². The summed E-state index contributed by atoms with van der Waals surface area (Å²) >= 11 is 0. The predicted octanol–water partition coefficient (Wildman–Crippen LogP) is 9.79. The van der Waals surface area contributed by atoms with Gasteiger partial charge in [-0.2, -0.15) is 0 Å². The standard InChI is InChI=1S/C28H59N/c1-5-7-9-21-25-29(26-22-10-8-6-2)27-23-19-17-15-13-11-12-14-16-18-20-24-28(3)4/h28H,5-27H2,1-4H3. The Balaban J connectivity index is 3.52. The topological polar surface area (TPSA) is 3.24 Å². The number of nitrogens with zero attached hydrogens (tertiary/aromatic N) is 1. The van der Waals surface area contributed by atoms with Crippen LogP contribution in [0.4, 0.5) is 0 Å². The zero-order valence-corrected chi connectivity index (χ0v) is 21.3. The molecule has 0 saturated heterocycles. The number of hydrogen-bond donors (Lipinski definition) is 0. The van der Waals surface area contributed by atoms with Gasteiger partial charge in [0, 0.05) is 0 Å². The first-order valence-corrected chi connectivity index (χ1v) is 13.9. The molecule has 176 valence electrons. The first kappa shape index (κ1) is 29.0. The number of rotatable bonds is 24. The van der Waals surface area contributed by atoms with Crippen LogP contribution >= 0.6 is 0 Å². The Morgan fingerprint density at radius 3 is 1.07 bits per heavy atom. The lowest BCUT2D eigenvalue weighted by molar-refractivity contribution is 0.254. The highest BCUT2D eigenvalue weighted by molar-refractivity contribution is 4.60. The Kier molecular flexibility index (Phi) is 24.2. The molecule has 0 aromatic rings. The maximum Gasteiger partial charge on any atom is -0.00187 e. The normalized spacial score (nSPS) is 11.8. The molecule has 1 nitrogen and oxygen atoms in total. The van der Waals surface area contributed by atoms with Gasteiger partial charge in [0.1, 0.15) is 0 Å². The third-order valence-corrected chi connectivity index (χ3v) is 6.41. The molecular formula is C28H59N. The molecular weight excluding hydrogens is 350 g/mol. The third kappa shape index (κ3) is 24.1. The molecule has 0 aliphatic rings. The molecule has 0 aromatic heterocycles. The fraction of sp³-hybridized carbons (Fsp3) is 1.00. The van der Waals surface area contributed by atoms with Crippen molar-refractivity contribution in [3.8, 4) is 0 Å². The van der Waals surface area contributed by atoms with Crippen molar-refractivity contribution in [2.75, 3.05) is 19.6 Å². The molecule has 0 spiro atoms. The molecule has 0 aliphatic carbocycles. The minimum Gasteiger partial charge on any atom is -0.303 e. The molecule has 0 unspecified atom stereocenters. The average molecular weight is 410 g/mol. The minimum absolute atomic E-state index is 0.893. The van der Waals surface area contributed by atoms with Crippen molar-refractivity contribution < 1.29 is 0 Å². The molecule has 0 fully saturated rings. The highest BCUT2D eigenvalue weighted by Gasteiger charge is 2.04. The summed E-state index contributed by atoms with van der Waals surface area (Å²) in [6.45, 7) is 13.4. The van der Waals surface area contributed by atoms with E-state index in [2.05, 4.69) is 32.6 Å². The van der Waals surface area contributed by atoms with Gasteiger partial charge in [-0.1, -0.05) is 137 Å². The molecule has 0 N–H and O–H groups in total. The first-order valence-electron chi connectivity index (χ1n) is 13.9. The molecule has 29 heavy (non-hydrogen) atoms. The molecule has 0 rings (SSSR count). The van der Waals surface area contributed by atoms with Crippen molar-refractivity contribution in [1.82, 2.24) is 4.90 Å². The zero-order chi connectivity index (χ0) is 21.4. The van der Waals surface area contributed by atoms with Crippen LogP contribution in [0.1, 0.15) is 156 Å². The summed E-state index contributed by atoms with van der Waals surface area (Å²) < 4.78 is 0. The first-order chi connectivity index (χ1) is 14.2. The van der Waals surface area contributed by atoms with Crippen LogP contribution in [0.2, 0.25) is 0 Å². The highest BCUT2D eigenvalue weighted by Crippen LogP contribution is 2.14. The molecule has 0 saturated carbocycles. The second-order valence-corrected chi connectivity index (χ2v) is 10.0. The smallest absolute Gasteiger partial charge is 0.00187 e. The van der Waals surface area contributed by atoms with E-state index in [1.54, 1.807) is 0 Å². The molecule has 1 heteroatoms. The van der Waals surface area contributed by atoms with Gasteiger partial charge in [0.15, 0.2) is 0 Å². The van der Waals surface area contributed by atoms with Gasteiger partial charge >= 0.3 is 0 Å². The van der Waals surface area contributed by atoms with Gasteiger partial charge in [-0.25, -0.2) is 0 Å². The molecule has 0 aromatic carbocycles.